The van der Waals surface area contributed by atoms with Crippen LogP contribution in [0, 0.1) is 14.9 Å². The summed E-state index contributed by atoms with van der Waals surface area (Å²) >= 11 is 0. The average molecular weight is 213 g/mol. The van der Waals surface area contributed by atoms with E-state index in [4.69, 9.17) is 0 Å². The average Bonchev–Trinajstić information content (AvgIpc) is 0. The molecule has 4 heavy (non-hydrogen) atoms. The van der Waals surface area contributed by atoms with Gasteiger partial charge in [0.05, 0.1) is 0 Å². The molecule has 0 aliphatic rings. The summed E-state index contributed by atoms with van der Waals surface area (Å²) in [7, 11) is 0. The largest absolute Gasteiger partial charge is 2.00 e. The first-order valence-corrected chi connectivity index (χ1v) is 0. The van der Waals surface area contributed by atoms with Gasteiger partial charge in [0.2, 0.25) is 0 Å². The van der Waals surface area contributed by atoms with Crippen LogP contribution in [0.2, 0.25) is 0 Å². The molecule has 0 spiro atoms. The van der Waals surface area contributed by atoms with Crippen molar-refractivity contribution in [2.24, 2.45) is 0 Å². The molecule has 0 aromatic heterocycles. The van der Waals surface area contributed by atoms with Crippen molar-refractivity contribution in [2.45, 2.75) is 0 Å². The van der Waals surface area contributed by atoms with Crippen molar-refractivity contribution >= 4 is 0 Å². The molecule has 0 nitrogen and oxygen atoms in total. The predicted octanol–water partition coefficient (Wildman–Crippen LogP) is 0.896. The first-order valence-electron chi connectivity index (χ1n) is 0. The fraction of sp³-hybridized carbons (Fsp3) is 0. The second-order valence-electron chi connectivity index (χ2n) is 0. The zero-order valence-corrected chi connectivity index (χ0v) is 7.92. The molecular weight excluding hydrogens is 206 g/mol. The molecule has 0 radical (unpaired) electrons. The number of rotatable bonds is 0. The fourth-order valence-corrected chi connectivity index (χ4v) is 0. The van der Waals surface area contributed by atoms with Gasteiger partial charge in [0.1, 0.15) is 0 Å². The zero-order chi connectivity index (χ0) is 0. The molecule has 0 atom stereocenters. The minimum Gasteiger partial charge on any atom is -0.358 e. The second-order valence-corrected chi connectivity index (χ2v) is 0. The van der Waals surface area contributed by atoms with Crippen LogP contribution in [0.15, 0.2) is 0 Å². The van der Waals surface area contributed by atoms with Crippen molar-refractivity contribution in [1.29, 1.82) is 0 Å². The summed E-state index contributed by atoms with van der Waals surface area (Å²) in [5.41, 5.74) is 0. The van der Waals surface area contributed by atoms with E-state index in [9.17, 15) is 0 Å². The van der Waals surface area contributed by atoms with Gasteiger partial charge in [-0.2, -0.15) is 0 Å². The van der Waals surface area contributed by atoms with Crippen molar-refractivity contribution in [3.63, 3.8) is 0 Å². The van der Waals surface area contributed by atoms with Gasteiger partial charge >= 0.3 is 26.2 Å². The maximum absolute atomic E-state index is 0. The quantitative estimate of drug-likeness (QED) is 0.524. The Morgan fingerprint density at radius 2 is 0.750 bits per heavy atom. The van der Waals surface area contributed by atoms with Gasteiger partial charge in [-0.15, -0.1) is 0 Å². The van der Waals surface area contributed by atoms with Crippen molar-refractivity contribution in [3.8, 4) is 0 Å². The van der Waals surface area contributed by atoms with E-state index in [-0.39, 0.29) is 67.3 Å². The van der Waals surface area contributed by atoms with Crippen LogP contribution in [-0.2, 0) is 52.4 Å². The summed E-state index contributed by atoms with van der Waals surface area (Å²) in [5.74, 6) is 0. The Hall–Kier alpha value is 1.77. The van der Waals surface area contributed by atoms with Crippen LogP contribution in [0.3, 0.4) is 0 Å². The Labute approximate surface area is 66.6 Å². The summed E-state index contributed by atoms with van der Waals surface area (Å²) in [5, 5.41) is 0. The van der Waals surface area contributed by atoms with E-state index in [2.05, 4.69) is 0 Å². The molecule has 0 amide bonds. The molecular formula is C2H6Zr2. The van der Waals surface area contributed by atoms with Crippen LogP contribution in [0.5, 0.6) is 0 Å². The first-order chi connectivity index (χ1) is 0. The summed E-state index contributed by atoms with van der Waals surface area (Å²) in [6.07, 6.45) is 0. The Morgan fingerprint density at radius 1 is 0.750 bits per heavy atom. The molecule has 0 bridgehead atoms. The van der Waals surface area contributed by atoms with Crippen LogP contribution in [0.1, 0.15) is 0 Å². The molecule has 2 heteroatoms. The summed E-state index contributed by atoms with van der Waals surface area (Å²) in [4.78, 5) is 0. The van der Waals surface area contributed by atoms with E-state index >= 15 is 0 Å². The minimum atomic E-state index is 0. The van der Waals surface area contributed by atoms with Crippen molar-refractivity contribution in [3.05, 3.63) is 14.9 Å². The van der Waals surface area contributed by atoms with Crippen molar-refractivity contribution in [1.82, 2.24) is 0 Å². The molecule has 0 aliphatic carbocycles. The Bertz CT molecular complexity index is 4.00. The molecule has 0 saturated heterocycles. The van der Waals surface area contributed by atoms with Gasteiger partial charge in [-0.05, 0) is 0 Å². The monoisotopic (exact) mass is 210 g/mol. The Balaban J connectivity index is 0. The molecule has 0 aromatic rings. The van der Waals surface area contributed by atoms with Crippen molar-refractivity contribution in [2.75, 3.05) is 0 Å². The Kier molecular flexibility index (Phi) is 227. The van der Waals surface area contributed by atoms with E-state index < -0.39 is 0 Å². The van der Waals surface area contributed by atoms with Gasteiger partial charge in [-0.3, -0.25) is 0 Å². The minimum absolute atomic E-state index is 0. The maximum atomic E-state index is 0. The third kappa shape index (κ3) is 9.24. The molecule has 0 N–H and O–H groups in total. The molecule has 22 valence electrons. The van der Waals surface area contributed by atoms with E-state index in [1.165, 1.54) is 0 Å². The molecule has 0 saturated carbocycles. The summed E-state index contributed by atoms with van der Waals surface area (Å²) in [6.45, 7) is 0. The normalized spacial score (nSPS) is 0. The van der Waals surface area contributed by atoms with Crippen LogP contribution in [0.25, 0.3) is 0 Å². The van der Waals surface area contributed by atoms with Gasteiger partial charge < -0.3 is 14.9 Å². The third-order valence-electron chi connectivity index (χ3n) is 0. The molecule has 0 unspecified atom stereocenters. The summed E-state index contributed by atoms with van der Waals surface area (Å²) < 4.78 is 0. The van der Waals surface area contributed by atoms with Crippen molar-refractivity contribution < 1.29 is 52.4 Å². The van der Waals surface area contributed by atoms with E-state index in [1.807, 2.05) is 0 Å². The van der Waals surface area contributed by atoms with Crippen LogP contribution < -0.4 is 0 Å². The van der Waals surface area contributed by atoms with Gasteiger partial charge in [0.15, 0.2) is 0 Å². The van der Waals surface area contributed by atoms with Gasteiger partial charge in [0.25, 0.3) is 0 Å². The zero-order valence-electron chi connectivity index (χ0n) is 3.00. The van der Waals surface area contributed by atoms with Gasteiger partial charge in [-0.1, -0.05) is 0 Å². The summed E-state index contributed by atoms with van der Waals surface area (Å²) in [6, 6.07) is 0. The fourth-order valence-electron chi connectivity index (χ4n) is 0. The number of hydrogen-bond donors (Lipinski definition) is 0. The van der Waals surface area contributed by atoms with Crippen LogP contribution in [-0.4, -0.2) is 0 Å². The van der Waals surface area contributed by atoms with Gasteiger partial charge in [0, 0.05) is 26.2 Å². The van der Waals surface area contributed by atoms with Crippen LogP contribution in [0.4, 0.5) is 0 Å². The SMILES string of the molecule is [CH3-].[CH3-].[Zr+2].[Zr]. The molecule has 0 fully saturated rings. The Morgan fingerprint density at radius 3 is 0.750 bits per heavy atom. The third-order valence-corrected chi connectivity index (χ3v) is 0. The topological polar surface area (TPSA) is 0 Å². The van der Waals surface area contributed by atoms with Crippen LogP contribution >= 0.6 is 0 Å². The first kappa shape index (κ1) is 42.0. The van der Waals surface area contributed by atoms with E-state index in [1.54, 1.807) is 0 Å². The molecule has 0 heterocycles. The standard InChI is InChI=1S/2CH3.2Zr/h2*1H3;;/q2*-1;;+2. The molecule has 0 aromatic carbocycles. The smallest absolute Gasteiger partial charge is 0.358 e. The molecule has 0 aliphatic heterocycles. The second kappa shape index (κ2) is 21.7. The number of hydrogen-bond acceptors (Lipinski definition) is 0. The van der Waals surface area contributed by atoms with E-state index in [0.717, 1.165) is 0 Å². The maximum Gasteiger partial charge on any atom is 2.00 e. The predicted molar refractivity (Wildman–Crippen MR) is 12.8 cm³/mol. The van der Waals surface area contributed by atoms with E-state index in [0.29, 0.717) is 0 Å². The van der Waals surface area contributed by atoms with Gasteiger partial charge in [-0.25, -0.2) is 0 Å². The molecule has 0 rings (SSSR count).